The number of benzene rings is 1. The molecular weight excluding hydrogens is 483 g/mol. The highest BCUT2D eigenvalue weighted by atomic mass is 35.5. The third-order valence-electron chi connectivity index (χ3n) is 5.32. The highest BCUT2D eigenvalue weighted by Crippen LogP contribution is 2.24. The van der Waals surface area contributed by atoms with Gasteiger partial charge in [0.1, 0.15) is 11.6 Å². The van der Waals surface area contributed by atoms with Crippen LogP contribution in [-0.2, 0) is 12.8 Å². The number of nitrogen functional groups attached to an aromatic ring is 1. The number of nitrogens with two attached hydrogens (primary N) is 2. The van der Waals surface area contributed by atoms with Gasteiger partial charge >= 0.3 is 0 Å². The van der Waals surface area contributed by atoms with Crippen LogP contribution in [0.4, 0.5) is 10.2 Å². The van der Waals surface area contributed by atoms with Crippen molar-refractivity contribution in [3.8, 4) is 0 Å². The summed E-state index contributed by atoms with van der Waals surface area (Å²) in [5.74, 6) is 1.25. The smallest absolute Gasteiger partial charge is 0.123 e. The highest BCUT2D eigenvalue weighted by Gasteiger charge is 2.32. The molecule has 31 heavy (non-hydrogen) atoms. The molecule has 178 valence electrons. The third-order valence-corrected chi connectivity index (χ3v) is 5.32. The Morgan fingerprint density at radius 1 is 1.16 bits per heavy atom. The van der Waals surface area contributed by atoms with Gasteiger partial charge in [0.05, 0.1) is 0 Å². The molecule has 3 rings (SSSR count). The number of anilines is 1. The molecule has 1 fully saturated rings. The minimum Gasteiger partial charge on any atom is -0.384 e. The molecule has 2 heterocycles. The second kappa shape index (κ2) is 15.9. The summed E-state index contributed by atoms with van der Waals surface area (Å²) < 4.78 is 13.2. The summed E-state index contributed by atoms with van der Waals surface area (Å²) in [5, 5.41) is 6.89. The van der Waals surface area contributed by atoms with Gasteiger partial charge in [-0.15, -0.1) is 49.6 Å². The lowest BCUT2D eigenvalue weighted by Gasteiger charge is -2.25. The summed E-state index contributed by atoms with van der Waals surface area (Å²) in [5.41, 5.74) is 15.5. The molecule has 1 saturated heterocycles. The van der Waals surface area contributed by atoms with Crippen molar-refractivity contribution in [1.82, 2.24) is 15.6 Å². The molecule has 0 amide bonds. The Bertz CT molecular complexity index is 748. The molecule has 1 aromatic carbocycles. The summed E-state index contributed by atoms with van der Waals surface area (Å²) in [6.45, 7) is 5.47. The maximum atomic E-state index is 13.2. The molecule has 1 aliphatic rings. The quantitative estimate of drug-likeness (QED) is 0.404. The molecule has 1 aromatic heterocycles. The van der Waals surface area contributed by atoms with Gasteiger partial charge in [0.25, 0.3) is 0 Å². The number of aryl methyl sites for hydroxylation is 1. The fourth-order valence-electron chi connectivity index (χ4n) is 3.96. The number of pyridine rings is 1. The number of nitrogens with one attached hydrogen (secondary N) is 2. The summed E-state index contributed by atoms with van der Waals surface area (Å²) >= 11 is 0. The van der Waals surface area contributed by atoms with Crippen LogP contribution < -0.4 is 22.1 Å². The topological polar surface area (TPSA) is 89.0 Å². The summed E-state index contributed by atoms with van der Waals surface area (Å²) in [7, 11) is 0. The Labute approximate surface area is 209 Å². The van der Waals surface area contributed by atoms with Crippen molar-refractivity contribution in [2.75, 3.05) is 31.9 Å². The molecule has 2 aromatic rings. The lowest BCUT2D eigenvalue weighted by molar-refractivity contribution is 0.336. The minimum atomic E-state index is -0.186. The van der Waals surface area contributed by atoms with Crippen molar-refractivity contribution >= 4 is 55.4 Å². The first-order valence-electron chi connectivity index (χ1n) is 9.66. The van der Waals surface area contributed by atoms with Crippen LogP contribution in [-0.4, -0.2) is 37.2 Å². The second-order valence-corrected chi connectivity index (χ2v) is 7.59. The maximum Gasteiger partial charge on any atom is 0.123 e. The second-order valence-electron chi connectivity index (χ2n) is 7.59. The average Bonchev–Trinajstić information content (AvgIpc) is 3.06. The molecule has 6 N–H and O–H groups in total. The molecule has 3 atom stereocenters. The molecule has 1 unspecified atom stereocenters. The first-order chi connectivity index (χ1) is 13.0. The van der Waals surface area contributed by atoms with Crippen molar-refractivity contribution in [2.45, 2.75) is 25.8 Å². The number of hydrogen-bond donors (Lipinski definition) is 4. The molecule has 0 radical (unpaired) electrons. The third kappa shape index (κ3) is 10.1. The van der Waals surface area contributed by atoms with Gasteiger partial charge in [-0.1, -0.05) is 12.1 Å². The Morgan fingerprint density at radius 3 is 2.58 bits per heavy atom. The number of rotatable bonds is 8. The van der Waals surface area contributed by atoms with Crippen LogP contribution in [0, 0.1) is 24.6 Å². The molecule has 0 spiro atoms. The predicted octanol–water partition coefficient (Wildman–Crippen LogP) is 3.34. The van der Waals surface area contributed by atoms with Crippen LogP contribution in [0.15, 0.2) is 36.4 Å². The molecule has 10 heteroatoms. The maximum absolute atomic E-state index is 13.2. The van der Waals surface area contributed by atoms with Gasteiger partial charge in [-0.05, 0) is 86.6 Å². The van der Waals surface area contributed by atoms with Crippen LogP contribution in [0.25, 0.3) is 0 Å². The molecule has 5 nitrogen and oxygen atoms in total. The first kappa shape index (κ1) is 32.3. The molecule has 0 bridgehead atoms. The average molecular weight is 517 g/mol. The van der Waals surface area contributed by atoms with Crippen molar-refractivity contribution in [3.05, 3.63) is 59.0 Å². The summed E-state index contributed by atoms with van der Waals surface area (Å²) in [4.78, 5) is 4.47. The van der Waals surface area contributed by atoms with Gasteiger partial charge in [-0.25, -0.2) is 9.37 Å². The summed E-state index contributed by atoms with van der Waals surface area (Å²) in [6, 6.07) is 10.8. The monoisotopic (exact) mass is 515 g/mol. The van der Waals surface area contributed by atoms with E-state index in [4.69, 9.17) is 11.5 Å². The molecule has 0 saturated carbocycles. The van der Waals surface area contributed by atoms with Crippen LogP contribution in [0.1, 0.15) is 16.8 Å². The lowest BCUT2D eigenvalue weighted by Crippen LogP contribution is -2.44. The van der Waals surface area contributed by atoms with Gasteiger partial charge in [0.2, 0.25) is 0 Å². The van der Waals surface area contributed by atoms with E-state index in [1.807, 2.05) is 19.1 Å². The SMILES string of the molecule is Cc1cc(N)nc(C[C@@H]2CNC[C@@H]2C(N)CNCCc2cccc(F)c2)c1.Cl.Cl.Cl.Cl. The zero-order chi connectivity index (χ0) is 19.2. The van der Waals surface area contributed by atoms with E-state index in [0.29, 0.717) is 17.7 Å². The van der Waals surface area contributed by atoms with Gasteiger partial charge in [-0.3, -0.25) is 0 Å². The van der Waals surface area contributed by atoms with Crippen molar-refractivity contribution in [3.63, 3.8) is 0 Å². The molecule has 0 aliphatic carbocycles. The van der Waals surface area contributed by atoms with E-state index in [0.717, 1.165) is 55.8 Å². The van der Waals surface area contributed by atoms with E-state index in [1.54, 1.807) is 12.1 Å². The van der Waals surface area contributed by atoms with Crippen molar-refractivity contribution in [2.24, 2.45) is 17.6 Å². The van der Waals surface area contributed by atoms with Gasteiger partial charge in [-0.2, -0.15) is 0 Å². The standard InChI is InChI=1S/C21H30FN5.4ClH/c1-14-7-18(27-21(24)8-14)10-16-11-26-12-19(16)20(23)13-25-6-5-15-3-2-4-17(22)9-15;;;;/h2-4,7-9,16,19-20,25-26H,5-6,10-13,23H2,1H3,(H2,24,27);4*1H/t16-,19+,20?;;;;/m1..../s1. The Morgan fingerprint density at radius 2 is 1.90 bits per heavy atom. The molecular formula is C21H34Cl4FN5. The number of hydrogen-bond acceptors (Lipinski definition) is 5. The van der Waals surface area contributed by atoms with Gasteiger partial charge in [0.15, 0.2) is 0 Å². The predicted molar refractivity (Wildman–Crippen MR) is 137 cm³/mol. The lowest BCUT2D eigenvalue weighted by atomic mass is 9.86. The summed E-state index contributed by atoms with van der Waals surface area (Å²) in [6.07, 6.45) is 1.68. The fraction of sp³-hybridized carbons (Fsp3) is 0.476. The number of nitrogens with zero attached hydrogens (tertiary/aromatic N) is 1. The Balaban J connectivity index is 0. The Kier molecular flexibility index (Phi) is 16.5. The van der Waals surface area contributed by atoms with E-state index < -0.39 is 0 Å². The van der Waals surface area contributed by atoms with Crippen molar-refractivity contribution in [1.29, 1.82) is 0 Å². The fourth-order valence-corrected chi connectivity index (χ4v) is 3.96. The highest BCUT2D eigenvalue weighted by molar-refractivity contribution is 5.86. The van der Waals surface area contributed by atoms with E-state index in [1.165, 1.54) is 6.07 Å². The number of halogens is 5. The van der Waals surface area contributed by atoms with E-state index in [2.05, 4.69) is 21.7 Å². The van der Waals surface area contributed by atoms with Crippen LogP contribution in [0.3, 0.4) is 0 Å². The zero-order valence-electron chi connectivity index (χ0n) is 17.6. The van der Waals surface area contributed by atoms with Crippen LogP contribution >= 0.6 is 49.6 Å². The van der Waals surface area contributed by atoms with Gasteiger partial charge < -0.3 is 22.1 Å². The van der Waals surface area contributed by atoms with Crippen LogP contribution in [0.5, 0.6) is 0 Å². The normalized spacial score (nSPS) is 18.0. The first-order valence-corrected chi connectivity index (χ1v) is 9.66. The van der Waals surface area contributed by atoms with E-state index in [-0.39, 0.29) is 61.5 Å². The van der Waals surface area contributed by atoms with Crippen LogP contribution in [0.2, 0.25) is 0 Å². The van der Waals surface area contributed by atoms with Gasteiger partial charge in [0, 0.05) is 18.3 Å². The van der Waals surface area contributed by atoms with Crippen molar-refractivity contribution < 1.29 is 4.39 Å². The zero-order valence-corrected chi connectivity index (χ0v) is 20.8. The van der Waals surface area contributed by atoms with E-state index >= 15 is 0 Å². The number of aromatic nitrogens is 1. The van der Waals surface area contributed by atoms with E-state index in [9.17, 15) is 4.39 Å². The Hall–Kier alpha value is -0.860. The minimum absolute atomic E-state index is 0. The molecule has 1 aliphatic heterocycles. The largest absolute Gasteiger partial charge is 0.384 e.